The van der Waals surface area contributed by atoms with Crippen molar-refractivity contribution in [3.05, 3.63) is 108 Å². The normalized spacial score (nSPS) is 11.8. The Hall–Kier alpha value is -3.60. The molecule has 28 heavy (non-hydrogen) atoms. The van der Waals surface area contributed by atoms with Gasteiger partial charge in [-0.15, -0.1) is 0 Å². The number of aliphatic carboxylic acids is 1. The molecule has 3 rings (SSSR count). The van der Waals surface area contributed by atoms with Gasteiger partial charge in [-0.3, -0.25) is 4.90 Å². The van der Waals surface area contributed by atoms with Gasteiger partial charge in [-0.2, -0.15) is 0 Å². The van der Waals surface area contributed by atoms with Gasteiger partial charge in [-0.25, -0.2) is 9.59 Å². The predicted molar refractivity (Wildman–Crippen MR) is 106 cm³/mol. The van der Waals surface area contributed by atoms with Crippen molar-refractivity contribution in [2.45, 2.75) is 18.5 Å². The minimum absolute atomic E-state index is 0.0106. The fourth-order valence-corrected chi connectivity index (χ4v) is 3.40. The topological polar surface area (TPSA) is 77.8 Å². The lowest BCUT2D eigenvalue weighted by molar-refractivity contribution is -0.143. The molecule has 1 amide bonds. The molecule has 0 unspecified atom stereocenters. The SMILES string of the molecule is O=C(O)[C@H](C(c1ccccc1)c1ccccc1)N(Cc1ccccc1)C(=O)O. The van der Waals surface area contributed by atoms with Gasteiger partial charge >= 0.3 is 12.1 Å². The van der Waals surface area contributed by atoms with Crippen LogP contribution >= 0.6 is 0 Å². The molecular formula is C23H21NO4. The summed E-state index contributed by atoms with van der Waals surface area (Å²) in [6.07, 6.45) is -1.27. The van der Waals surface area contributed by atoms with Crippen LogP contribution in [0.1, 0.15) is 22.6 Å². The number of rotatable bonds is 7. The quantitative estimate of drug-likeness (QED) is 0.639. The number of carboxylic acid groups (broad SMARTS) is 2. The molecule has 0 aliphatic rings. The van der Waals surface area contributed by atoms with Crippen molar-refractivity contribution >= 4 is 12.1 Å². The molecule has 0 fully saturated rings. The maximum atomic E-state index is 12.3. The van der Waals surface area contributed by atoms with Crippen LogP contribution in [0.25, 0.3) is 0 Å². The van der Waals surface area contributed by atoms with Gasteiger partial charge in [-0.05, 0) is 16.7 Å². The van der Waals surface area contributed by atoms with E-state index in [1.807, 2.05) is 66.7 Å². The van der Waals surface area contributed by atoms with Gasteiger partial charge in [-0.1, -0.05) is 91.0 Å². The lowest BCUT2D eigenvalue weighted by Crippen LogP contribution is -2.47. The van der Waals surface area contributed by atoms with E-state index in [0.29, 0.717) is 0 Å². The van der Waals surface area contributed by atoms with Crippen LogP contribution in [0.3, 0.4) is 0 Å². The van der Waals surface area contributed by atoms with Crippen molar-refractivity contribution in [1.29, 1.82) is 0 Å². The molecule has 142 valence electrons. The first-order chi connectivity index (χ1) is 13.6. The predicted octanol–water partition coefficient (Wildman–Crippen LogP) is 4.45. The van der Waals surface area contributed by atoms with E-state index in [1.165, 1.54) is 0 Å². The Morgan fingerprint density at radius 1 is 0.714 bits per heavy atom. The maximum Gasteiger partial charge on any atom is 0.408 e. The first-order valence-electron chi connectivity index (χ1n) is 8.94. The van der Waals surface area contributed by atoms with Crippen LogP contribution < -0.4 is 0 Å². The van der Waals surface area contributed by atoms with Crippen molar-refractivity contribution < 1.29 is 19.8 Å². The zero-order chi connectivity index (χ0) is 19.9. The van der Waals surface area contributed by atoms with Crippen LogP contribution in [-0.4, -0.2) is 33.2 Å². The van der Waals surface area contributed by atoms with Crippen LogP contribution in [0.15, 0.2) is 91.0 Å². The largest absolute Gasteiger partial charge is 0.480 e. The molecule has 0 saturated carbocycles. The molecule has 0 radical (unpaired) electrons. The zero-order valence-corrected chi connectivity index (χ0v) is 15.2. The Labute approximate surface area is 163 Å². The third kappa shape index (κ3) is 4.38. The Balaban J connectivity index is 2.09. The Morgan fingerprint density at radius 3 is 1.54 bits per heavy atom. The molecule has 0 spiro atoms. The van der Waals surface area contributed by atoms with E-state index in [1.54, 1.807) is 24.3 Å². The summed E-state index contributed by atoms with van der Waals surface area (Å²) >= 11 is 0. The minimum atomic E-state index is -1.28. The summed E-state index contributed by atoms with van der Waals surface area (Å²) in [5.41, 5.74) is 2.23. The van der Waals surface area contributed by atoms with Gasteiger partial charge in [0.25, 0.3) is 0 Å². The van der Waals surface area contributed by atoms with Crippen LogP contribution in [0, 0.1) is 0 Å². The van der Waals surface area contributed by atoms with E-state index in [-0.39, 0.29) is 6.54 Å². The smallest absolute Gasteiger partial charge is 0.408 e. The third-order valence-electron chi connectivity index (χ3n) is 4.66. The minimum Gasteiger partial charge on any atom is -0.480 e. The number of carboxylic acids is 1. The maximum absolute atomic E-state index is 12.3. The van der Waals surface area contributed by atoms with Gasteiger partial charge in [0.2, 0.25) is 0 Å². The number of nitrogens with zero attached hydrogens (tertiary/aromatic N) is 1. The monoisotopic (exact) mass is 375 g/mol. The highest BCUT2D eigenvalue weighted by Crippen LogP contribution is 2.32. The van der Waals surface area contributed by atoms with E-state index in [2.05, 4.69) is 0 Å². The summed E-state index contributed by atoms with van der Waals surface area (Å²) in [6.45, 7) is -0.0106. The number of carbonyl (C=O) groups is 2. The highest BCUT2D eigenvalue weighted by molar-refractivity contribution is 5.81. The molecule has 0 bridgehead atoms. The van der Waals surface area contributed by atoms with E-state index in [0.717, 1.165) is 21.6 Å². The molecule has 0 aliphatic heterocycles. The first kappa shape index (κ1) is 19.2. The molecule has 0 saturated heterocycles. The molecule has 3 aromatic carbocycles. The summed E-state index contributed by atoms with van der Waals surface area (Å²) in [4.78, 5) is 25.4. The summed E-state index contributed by atoms with van der Waals surface area (Å²) in [7, 11) is 0. The van der Waals surface area contributed by atoms with Crippen LogP contribution in [-0.2, 0) is 11.3 Å². The van der Waals surface area contributed by atoms with E-state index in [4.69, 9.17) is 0 Å². The summed E-state index contributed by atoms with van der Waals surface area (Å²) in [6, 6.07) is 26.1. The zero-order valence-electron chi connectivity index (χ0n) is 15.2. The number of hydrogen-bond donors (Lipinski definition) is 2. The highest BCUT2D eigenvalue weighted by Gasteiger charge is 2.38. The Kier molecular flexibility index (Phi) is 6.07. The van der Waals surface area contributed by atoms with Crippen molar-refractivity contribution in [3.8, 4) is 0 Å². The second kappa shape index (κ2) is 8.86. The number of amides is 1. The summed E-state index contributed by atoms with van der Waals surface area (Å²) in [5, 5.41) is 19.9. The van der Waals surface area contributed by atoms with Gasteiger partial charge in [0, 0.05) is 12.5 Å². The molecule has 0 heterocycles. The van der Waals surface area contributed by atoms with Crippen molar-refractivity contribution in [2.75, 3.05) is 0 Å². The number of hydrogen-bond acceptors (Lipinski definition) is 2. The Bertz CT molecular complexity index is 874. The molecule has 0 aromatic heterocycles. The van der Waals surface area contributed by atoms with Gasteiger partial charge in [0.15, 0.2) is 0 Å². The van der Waals surface area contributed by atoms with Gasteiger partial charge in [0.05, 0.1) is 0 Å². The van der Waals surface area contributed by atoms with E-state index in [9.17, 15) is 19.8 Å². The van der Waals surface area contributed by atoms with Gasteiger partial charge in [0.1, 0.15) is 6.04 Å². The average Bonchev–Trinajstić information content (AvgIpc) is 2.72. The second-order valence-electron chi connectivity index (χ2n) is 6.48. The summed E-state index contributed by atoms with van der Waals surface area (Å²) < 4.78 is 0. The summed E-state index contributed by atoms with van der Waals surface area (Å²) in [5.74, 6) is -1.82. The second-order valence-corrected chi connectivity index (χ2v) is 6.48. The van der Waals surface area contributed by atoms with Crippen molar-refractivity contribution in [3.63, 3.8) is 0 Å². The van der Waals surface area contributed by atoms with Crippen LogP contribution in [0.5, 0.6) is 0 Å². The van der Waals surface area contributed by atoms with Crippen LogP contribution in [0.2, 0.25) is 0 Å². The van der Waals surface area contributed by atoms with E-state index < -0.39 is 24.0 Å². The molecule has 0 aliphatic carbocycles. The van der Waals surface area contributed by atoms with Crippen molar-refractivity contribution in [2.24, 2.45) is 0 Å². The van der Waals surface area contributed by atoms with Crippen molar-refractivity contribution in [1.82, 2.24) is 4.90 Å². The molecule has 3 aromatic rings. The molecule has 1 atom stereocenters. The lowest BCUT2D eigenvalue weighted by Gasteiger charge is -2.33. The molecular weight excluding hydrogens is 354 g/mol. The molecule has 5 heteroatoms. The highest BCUT2D eigenvalue weighted by atomic mass is 16.4. The fourth-order valence-electron chi connectivity index (χ4n) is 3.40. The molecule has 5 nitrogen and oxygen atoms in total. The average molecular weight is 375 g/mol. The van der Waals surface area contributed by atoms with Crippen LogP contribution in [0.4, 0.5) is 4.79 Å². The Morgan fingerprint density at radius 2 is 1.14 bits per heavy atom. The standard InChI is InChI=1S/C23H21NO4/c25-22(26)21(24(23(27)28)16-17-10-4-1-5-11-17)20(18-12-6-2-7-13-18)19-14-8-3-9-15-19/h1-15,20-21H,16H2,(H,25,26)(H,27,28)/t21-/m0/s1. The number of benzene rings is 3. The first-order valence-corrected chi connectivity index (χ1v) is 8.94. The lowest BCUT2D eigenvalue weighted by atomic mass is 9.84. The fraction of sp³-hybridized carbons (Fsp3) is 0.130. The van der Waals surface area contributed by atoms with Gasteiger partial charge < -0.3 is 10.2 Å². The van der Waals surface area contributed by atoms with E-state index >= 15 is 0 Å². The molecule has 2 N–H and O–H groups in total. The third-order valence-corrected chi connectivity index (χ3v) is 4.66.